The molecule has 0 aliphatic rings. The molecule has 0 fully saturated rings. The van der Waals surface area contributed by atoms with Gasteiger partial charge in [-0.1, -0.05) is 0 Å². The Labute approximate surface area is 160 Å². The first-order valence-electron chi connectivity index (χ1n) is 8.30. The van der Waals surface area contributed by atoms with E-state index >= 15 is 0 Å². The van der Waals surface area contributed by atoms with Crippen LogP contribution < -0.4 is 10.1 Å². The molecule has 0 radical (unpaired) electrons. The summed E-state index contributed by atoms with van der Waals surface area (Å²) in [6.07, 6.45) is 1.38. The molecule has 28 heavy (non-hydrogen) atoms. The molecule has 2 aromatic rings. The van der Waals surface area contributed by atoms with Crippen molar-refractivity contribution in [1.29, 1.82) is 0 Å². The van der Waals surface area contributed by atoms with E-state index in [1.807, 2.05) is 0 Å². The molecule has 0 unspecified atom stereocenters. The van der Waals surface area contributed by atoms with Crippen molar-refractivity contribution in [1.82, 2.24) is 4.98 Å². The molecule has 0 atom stereocenters. The number of hydrogen-bond acceptors (Lipinski definition) is 8. The molecule has 0 aliphatic heterocycles. The van der Waals surface area contributed by atoms with Crippen LogP contribution in [0, 0.1) is 10.1 Å². The van der Waals surface area contributed by atoms with Gasteiger partial charge in [-0.15, -0.1) is 0 Å². The number of methoxy groups -OCH3 is 1. The molecule has 2 rings (SSSR count). The molecule has 10 nitrogen and oxygen atoms in total. The number of esters is 1. The van der Waals surface area contributed by atoms with Gasteiger partial charge < -0.3 is 19.5 Å². The van der Waals surface area contributed by atoms with Crippen LogP contribution in [0.25, 0.3) is 0 Å². The van der Waals surface area contributed by atoms with Crippen molar-refractivity contribution >= 4 is 23.3 Å². The summed E-state index contributed by atoms with van der Waals surface area (Å²) in [7, 11) is 1.55. The summed E-state index contributed by atoms with van der Waals surface area (Å²) in [6.45, 7) is 2.46. The quantitative estimate of drug-likeness (QED) is 0.299. The van der Waals surface area contributed by atoms with E-state index in [2.05, 4.69) is 10.3 Å². The highest BCUT2D eigenvalue weighted by molar-refractivity contribution is 6.06. The number of nitro groups is 1. The number of nitrogens with one attached hydrogen (secondary N) is 1. The molecule has 148 valence electrons. The van der Waals surface area contributed by atoms with Gasteiger partial charge in [0.25, 0.3) is 11.6 Å². The number of aromatic nitrogens is 1. The van der Waals surface area contributed by atoms with Crippen LogP contribution in [0.5, 0.6) is 5.88 Å². The van der Waals surface area contributed by atoms with Crippen molar-refractivity contribution in [2.45, 2.75) is 6.92 Å². The number of nitro benzene ring substituents is 1. The van der Waals surface area contributed by atoms with Crippen molar-refractivity contribution < 1.29 is 28.7 Å². The van der Waals surface area contributed by atoms with Gasteiger partial charge in [-0.05, 0) is 19.1 Å². The summed E-state index contributed by atoms with van der Waals surface area (Å²) in [4.78, 5) is 38.8. The number of pyridine rings is 1. The minimum atomic E-state index is -0.750. The van der Waals surface area contributed by atoms with Crippen LogP contribution in [0.4, 0.5) is 11.4 Å². The van der Waals surface area contributed by atoms with Crippen LogP contribution in [0.1, 0.15) is 27.6 Å². The number of carbonyl (C=O) groups excluding carboxylic acids is 2. The summed E-state index contributed by atoms with van der Waals surface area (Å²) < 4.78 is 15.0. The molecule has 0 saturated carbocycles. The molecule has 1 aromatic heterocycles. The fourth-order valence-electron chi connectivity index (χ4n) is 2.15. The highest BCUT2D eigenvalue weighted by Gasteiger charge is 2.19. The molecule has 1 aromatic carbocycles. The Hall–Kier alpha value is -3.53. The van der Waals surface area contributed by atoms with Gasteiger partial charge in [-0.25, -0.2) is 9.78 Å². The minimum absolute atomic E-state index is 0.0577. The first-order valence-corrected chi connectivity index (χ1v) is 8.30. The van der Waals surface area contributed by atoms with Gasteiger partial charge in [0.2, 0.25) is 5.88 Å². The van der Waals surface area contributed by atoms with Crippen LogP contribution >= 0.6 is 0 Å². The normalized spacial score (nSPS) is 10.2. The number of nitrogens with zero attached hydrogens (tertiary/aromatic N) is 2. The lowest BCUT2D eigenvalue weighted by atomic mass is 10.1. The second-order valence-corrected chi connectivity index (χ2v) is 5.43. The molecule has 0 saturated heterocycles. The number of non-ortho nitro benzene ring substituents is 1. The largest absolute Gasteiger partial charge is 0.475 e. The highest BCUT2D eigenvalue weighted by atomic mass is 16.6. The van der Waals surface area contributed by atoms with Gasteiger partial charge >= 0.3 is 5.97 Å². The third kappa shape index (κ3) is 5.74. The molecular formula is C18H19N3O7. The number of amides is 1. The van der Waals surface area contributed by atoms with E-state index in [0.717, 1.165) is 12.1 Å². The molecule has 1 heterocycles. The van der Waals surface area contributed by atoms with E-state index in [9.17, 15) is 19.7 Å². The molecule has 0 aliphatic carbocycles. The van der Waals surface area contributed by atoms with Crippen LogP contribution in [0.15, 0.2) is 36.5 Å². The smallest absolute Gasteiger partial charge is 0.338 e. The average Bonchev–Trinajstić information content (AvgIpc) is 2.69. The maximum atomic E-state index is 12.5. The lowest BCUT2D eigenvalue weighted by molar-refractivity contribution is -0.384. The summed E-state index contributed by atoms with van der Waals surface area (Å²) >= 11 is 0. The molecule has 0 bridgehead atoms. The predicted molar refractivity (Wildman–Crippen MR) is 98.6 cm³/mol. The number of benzene rings is 1. The Balaban J connectivity index is 2.16. The van der Waals surface area contributed by atoms with Gasteiger partial charge in [-0.2, -0.15) is 0 Å². The standard InChI is InChI=1S/C18H19N3O7/c1-3-27-18(23)13-8-12(9-15(10-13)21(24)25)17(22)20-14-4-5-16(19-11-14)28-7-6-26-2/h4-5,8-11H,3,6-7H2,1-2H3,(H,20,22). The van der Waals surface area contributed by atoms with Gasteiger partial charge in [0.1, 0.15) is 6.61 Å². The summed E-state index contributed by atoms with van der Waals surface area (Å²) in [5.41, 5.74) is -0.178. The third-order valence-electron chi connectivity index (χ3n) is 3.43. The fraction of sp³-hybridized carbons (Fsp3) is 0.278. The van der Waals surface area contributed by atoms with Crippen LogP contribution in [0.3, 0.4) is 0 Å². The Morgan fingerprint density at radius 1 is 1.18 bits per heavy atom. The highest BCUT2D eigenvalue weighted by Crippen LogP contribution is 2.20. The zero-order valence-corrected chi connectivity index (χ0v) is 15.3. The van der Waals surface area contributed by atoms with E-state index in [4.69, 9.17) is 14.2 Å². The summed E-state index contributed by atoms with van der Waals surface area (Å²) in [5, 5.41) is 13.7. The number of rotatable bonds is 9. The van der Waals surface area contributed by atoms with Crippen molar-refractivity contribution in [3.8, 4) is 5.88 Å². The Morgan fingerprint density at radius 3 is 2.54 bits per heavy atom. The van der Waals surface area contributed by atoms with Crippen molar-refractivity contribution in [3.63, 3.8) is 0 Å². The molecule has 1 amide bonds. The molecular weight excluding hydrogens is 370 g/mol. The van der Waals surface area contributed by atoms with Crippen molar-refractivity contribution in [2.24, 2.45) is 0 Å². The van der Waals surface area contributed by atoms with E-state index in [1.54, 1.807) is 26.2 Å². The SMILES string of the molecule is CCOC(=O)c1cc(C(=O)Nc2ccc(OCCOC)nc2)cc([N+](=O)[O-])c1. The lowest BCUT2D eigenvalue weighted by Crippen LogP contribution is -2.14. The Kier molecular flexibility index (Phi) is 7.40. The average molecular weight is 389 g/mol. The Bertz CT molecular complexity index is 853. The second kappa shape index (κ2) is 9.97. The zero-order chi connectivity index (χ0) is 20.5. The third-order valence-corrected chi connectivity index (χ3v) is 3.43. The van der Waals surface area contributed by atoms with Gasteiger partial charge in [0.15, 0.2) is 0 Å². The van der Waals surface area contributed by atoms with Gasteiger partial charge in [-0.3, -0.25) is 14.9 Å². The molecule has 10 heteroatoms. The maximum absolute atomic E-state index is 12.5. The fourth-order valence-corrected chi connectivity index (χ4v) is 2.15. The van der Waals surface area contributed by atoms with Crippen LogP contribution in [-0.2, 0) is 9.47 Å². The molecule has 0 spiro atoms. The van der Waals surface area contributed by atoms with E-state index in [0.29, 0.717) is 24.8 Å². The monoisotopic (exact) mass is 389 g/mol. The van der Waals surface area contributed by atoms with Crippen molar-refractivity contribution in [3.05, 3.63) is 57.8 Å². The lowest BCUT2D eigenvalue weighted by Gasteiger charge is -2.08. The van der Waals surface area contributed by atoms with Gasteiger partial charge in [0.05, 0.1) is 35.6 Å². The number of carbonyl (C=O) groups is 2. The predicted octanol–water partition coefficient (Wildman–Crippen LogP) is 2.44. The summed E-state index contributed by atoms with van der Waals surface area (Å²) in [5.74, 6) is -1.03. The zero-order valence-electron chi connectivity index (χ0n) is 15.3. The number of ether oxygens (including phenoxy) is 3. The van der Waals surface area contributed by atoms with Crippen LogP contribution in [-0.4, -0.2) is 48.7 Å². The van der Waals surface area contributed by atoms with E-state index in [-0.39, 0.29) is 17.7 Å². The topological polar surface area (TPSA) is 130 Å². The number of anilines is 1. The minimum Gasteiger partial charge on any atom is -0.475 e. The first-order chi connectivity index (χ1) is 13.4. The molecule has 1 N–H and O–H groups in total. The Morgan fingerprint density at radius 2 is 1.93 bits per heavy atom. The van der Waals surface area contributed by atoms with Crippen LogP contribution in [0.2, 0.25) is 0 Å². The van der Waals surface area contributed by atoms with E-state index < -0.39 is 22.5 Å². The maximum Gasteiger partial charge on any atom is 0.338 e. The number of hydrogen-bond donors (Lipinski definition) is 1. The van der Waals surface area contributed by atoms with E-state index in [1.165, 1.54) is 12.3 Å². The first kappa shape index (κ1) is 20.8. The second-order valence-electron chi connectivity index (χ2n) is 5.43. The van der Waals surface area contributed by atoms with Crippen molar-refractivity contribution in [2.75, 3.05) is 32.2 Å². The summed E-state index contributed by atoms with van der Waals surface area (Å²) in [6, 6.07) is 6.49. The van der Waals surface area contributed by atoms with Gasteiger partial charge in [0, 0.05) is 30.9 Å².